The normalized spacial score (nSPS) is 11.1. The van der Waals surface area contributed by atoms with Gasteiger partial charge in [0, 0.05) is 7.05 Å². The maximum Gasteiger partial charge on any atom is 0.326 e. The summed E-state index contributed by atoms with van der Waals surface area (Å²) in [6, 6.07) is 21.7. The Kier molecular flexibility index (Phi) is 7.22. The molecule has 4 rings (SSSR count). The Hall–Kier alpha value is -4.36. The number of carbonyl (C=O) groups is 1. The van der Waals surface area contributed by atoms with Crippen molar-refractivity contribution >= 4 is 32.7 Å². The van der Waals surface area contributed by atoms with Gasteiger partial charge in [-0.05, 0) is 61.5 Å². The van der Waals surface area contributed by atoms with E-state index in [1.54, 1.807) is 79.2 Å². The summed E-state index contributed by atoms with van der Waals surface area (Å²) in [5, 5.41) is 8.93. The molecule has 0 spiro atoms. The molecule has 0 saturated carbocycles. The van der Waals surface area contributed by atoms with E-state index in [9.17, 15) is 13.2 Å². The molecule has 184 valence electrons. The summed E-state index contributed by atoms with van der Waals surface area (Å²) in [5.41, 5.74) is 2.16. The third-order valence-corrected chi connectivity index (χ3v) is 7.29. The number of aryl methyl sites for hydroxylation is 1. The second-order valence-electron chi connectivity index (χ2n) is 7.81. The van der Waals surface area contributed by atoms with Gasteiger partial charge in [-0.2, -0.15) is 5.26 Å². The SMILES string of the molecule is CCOC(=O)CN(c1ccc2nc(COc3ccc(C#N)cc3)n(C)c2c1)S(=O)(=O)c1ccccc1. The molecule has 0 amide bonds. The molecule has 0 N–H and O–H groups in total. The first-order valence-electron chi connectivity index (χ1n) is 11.1. The molecule has 0 aliphatic heterocycles. The number of ether oxygens (including phenoxy) is 2. The highest BCUT2D eigenvalue weighted by Crippen LogP contribution is 2.28. The third kappa shape index (κ3) is 5.16. The van der Waals surface area contributed by atoms with E-state index < -0.39 is 22.5 Å². The van der Waals surface area contributed by atoms with Crippen molar-refractivity contribution in [3.63, 3.8) is 0 Å². The molecule has 3 aromatic carbocycles. The number of benzene rings is 3. The zero-order valence-electron chi connectivity index (χ0n) is 19.8. The number of fused-ring (bicyclic) bond motifs is 1. The number of hydrogen-bond donors (Lipinski definition) is 0. The van der Waals surface area contributed by atoms with Gasteiger partial charge >= 0.3 is 5.97 Å². The van der Waals surface area contributed by atoms with Crippen molar-refractivity contribution in [2.45, 2.75) is 18.4 Å². The van der Waals surface area contributed by atoms with Gasteiger partial charge < -0.3 is 14.0 Å². The Morgan fingerprint density at radius 2 is 1.81 bits per heavy atom. The lowest BCUT2D eigenvalue weighted by atomic mass is 10.2. The Labute approximate surface area is 209 Å². The Bertz CT molecular complexity index is 1520. The number of sulfonamides is 1. The fraction of sp³-hybridized carbons (Fsp3) is 0.192. The number of esters is 1. The predicted molar refractivity (Wildman–Crippen MR) is 134 cm³/mol. The Morgan fingerprint density at radius 1 is 1.08 bits per heavy atom. The van der Waals surface area contributed by atoms with Crippen LogP contribution in [0.25, 0.3) is 11.0 Å². The number of hydrogen-bond acceptors (Lipinski definition) is 7. The standard InChI is InChI=1S/C26H24N4O5S/c1-3-34-26(31)17-30(36(32,33)22-7-5-4-6-8-22)20-11-14-23-24(15-20)29(2)25(28-23)18-35-21-12-9-19(16-27)10-13-21/h4-15H,3,17-18H2,1-2H3. The second kappa shape index (κ2) is 10.5. The molecule has 36 heavy (non-hydrogen) atoms. The first kappa shape index (κ1) is 24.8. The molecule has 0 radical (unpaired) electrons. The number of imidazole rings is 1. The van der Waals surface area contributed by atoms with Crippen LogP contribution in [0, 0.1) is 11.3 Å². The van der Waals surface area contributed by atoms with Crippen LogP contribution in [0.5, 0.6) is 5.75 Å². The molecule has 10 heteroatoms. The number of carbonyl (C=O) groups excluding carboxylic acids is 1. The highest BCUT2D eigenvalue weighted by Gasteiger charge is 2.28. The summed E-state index contributed by atoms with van der Waals surface area (Å²) in [7, 11) is -2.24. The molecule has 0 aliphatic rings. The molecule has 0 atom stereocenters. The van der Waals surface area contributed by atoms with Crippen molar-refractivity contribution in [1.82, 2.24) is 9.55 Å². The third-order valence-electron chi connectivity index (χ3n) is 5.51. The number of anilines is 1. The zero-order chi connectivity index (χ0) is 25.7. The number of nitriles is 1. The van der Waals surface area contributed by atoms with E-state index in [-0.39, 0.29) is 18.1 Å². The van der Waals surface area contributed by atoms with Crippen molar-refractivity contribution in [2.75, 3.05) is 17.5 Å². The molecular formula is C26H24N4O5S. The Morgan fingerprint density at radius 3 is 2.47 bits per heavy atom. The van der Waals surface area contributed by atoms with Gasteiger partial charge in [0.1, 0.15) is 24.7 Å². The van der Waals surface area contributed by atoms with E-state index >= 15 is 0 Å². The van der Waals surface area contributed by atoms with Crippen LogP contribution in [0.2, 0.25) is 0 Å². The average molecular weight is 505 g/mol. The number of aromatic nitrogens is 2. The van der Waals surface area contributed by atoms with Gasteiger partial charge in [0.2, 0.25) is 0 Å². The minimum Gasteiger partial charge on any atom is -0.486 e. The van der Waals surface area contributed by atoms with Crippen molar-refractivity contribution < 1.29 is 22.7 Å². The highest BCUT2D eigenvalue weighted by molar-refractivity contribution is 7.92. The minimum absolute atomic E-state index is 0.0657. The predicted octanol–water partition coefficient (Wildman–Crippen LogP) is 3.78. The smallest absolute Gasteiger partial charge is 0.326 e. The van der Waals surface area contributed by atoms with Gasteiger partial charge in [-0.15, -0.1) is 0 Å². The molecule has 1 heterocycles. The van der Waals surface area contributed by atoms with Crippen molar-refractivity contribution in [1.29, 1.82) is 5.26 Å². The molecule has 0 saturated heterocycles. The molecule has 0 aliphatic carbocycles. The van der Waals surface area contributed by atoms with Gasteiger partial charge in [-0.1, -0.05) is 18.2 Å². The summed E-state index contributed by atoms with van der Waals surface area (Å²) in [6.07, 6.45) is 0. The van der Waals surface area contributed by atoms with Crippen LogP contribution in [0.15, 0.2) is 77.7 Å². The molecule has 0 bridgehead atoms. The monoisotopic (exact) mass is 504 g/mol. The van der Waals surface area contributed by atoms with Crippen molar-refractivity contribution in [2.24, 2.45) is 7.05 Å². The number of nitrogens with zero attached hydrogens (tertiary/aromatic N) is 4. The van der Waals surface area contributed by atoms with Crippen LogP contribution in [0.4, 0.5) is 5.69 Å². The summed E-state index contributed by atoms with van der Waals surface area (Å²) in [6.45, 7) is 1.50. The fourth-order valence-electron chi connectivity index (χ4n) is 3.64. The lowest BCUT2D eigenvalue weighted by Crippen LogP contribution is -2.36. The molecule has 0 unspecified atom stereocenters. The van der Waals surface area contributed by atoms with Gasteiger partial charge in [0.15, 0.2) is 0 Å². The van der Waals surface area contributed by atoms with Crippen molar-refractivity contribution in [3.8, 4) is 11.8 Å². The summed E-state index contributed by atoms with van der Waals surface area (Å²) >= 11 is 0. The van der Waals surface area contributed by atoms with Crippen LogP contribution < -0.4 is 9.04 Å². The first-order valence-corrected chi connectivity index (χ1v) is 12.6. The highest BCUT2D eigenvalue weighted by atomic mass is 32.2. The summed E-state index contributed by atoms with van der Waals surface area (Å²) < 4.78 is 40.6. The maximum absolute atomic E-state index is 13.5. The summed E-state index contributed by atoms with van der Waals surface area (Å²) in [5.74, 6) is 0.560. The molecule has 4 aromatic rings. The zero-order valence-corrected chi connectivity index (χ0v) is 20.6. The van der Waals surface area contributed by atoms with E-state index in [4.69, 9.17) is 14.7 Å². The Balaban J connectivity index is 1.67. The topological polar surface area (TPSA) is 115 Å². The van der Waals surface area contributed by atoms with Crippen molar-refractivity contribution in [3.05, 3.63) is 84.2 Å². The van der Waals surface area contributed by atoms with Gasteiger partial charge in [0.25, 0.3) is 10.0 Å². The quantitative estimate of drug-likeness (QED) is 0.319. The fourth-order valence-corrected chi connectivity index (χ4v) is 5.07. The number of rotatable bonds is 9. The lowest BCUT2D eigenvalue weighted by molar-refractivity contribution is -0.141. The van der Waals surface area contributed by atoms with Crippen LogP contribution in [-0.4, -0.2) is 37.1 Å². The molecular weight excluding hydrogens is 480 g/mol. The van der Waals surface area contributed by atoms with Gasteiger partial charge in [0.05, 0.1) is 39.9 Å². The van der Waals surface area contributed by atoms with E-state index in [1.165, 1.54) is 12.1 Å². The largest absolute Gasteiger partial charge is 0.486 e. The van der Waals surface area contributed by atoms with E-state index in [0.29, 0.717) is 33.9 Å². The average Bonchev–Trinajstić information content (AvgIpc) is 3.21. The maximum atomic E-state index is 13.5. The van der Waals surface area contributed by atoms with Crippen LogP contribution in [0.1, 0.15) is 18.3 Å². The van der Waals surface area contributed by atoms with Gasteiger partial charge in [-0.3, -0.25) is 9.10 Å². The van der Waals surface area contributed by atoms with Crippen LogP contribution >= 0.6 is 0 Å². The molecule has 9 nitrogen and oxygen atoms in total. The van der Waals surface area contributed by atoms with Crippen LogP contribution in [-0.2, 0) is 33.2 Å². The summed E-state index contributed by atoms with van der Waals surface area (Å²) in [4.78, 5) is 17.0. The minimum atomic E-state index is -4.04. The van der Waals surface area contributed by atoms with E-state index in [1.807, 2.05) is 0 Å². The van der Waals surface area contributed by atoms with E-state index in [0.717, 1.165) is 4.31 Å². The molecule has 1 aromatic heterocycles. The van der Waals surface area contributed by atoms with E-state index in [2.05, 4.69) is 11.1 Å². The van der Waals surface area contributed by atoms with Gasteiger partial charge in [-0.25, -0.2) is 13.4 Å². The van der Waals surface area contributed by atoms with Crippen LogP contribution in [0.3, 0.4) is 0 Å². The second-order valence-corrected chi connectivity index (χ2v) is 9.68. The lowest BCUT2D eigenvalue weighted by Gasteiger charge is -2.23. The first-order chi connectivity index (χ1) is 17.3. The molecule has 0 fully saturated rings.